The normalized spacial score (nSPS) is 11.7. The van der Waals surface area contributed by atoms with Gasteiger partial charge in [-0.1, -0.05) is 84.0 Å². The van der Waals surface area contributed by atoms with Crippen LogP contribution in [0.1, 0.15) is 108 Å². The summed E-state index contributed by atoms with van der Waals surface area (Å²) < 4.78 is 79.8. The Morgan fingerprint density at radius 2 is 1.19 bits per heavy atom. The van der Waals surface area contributed by atoms with Crippen LogP contribution in [-0.4, -0.2) is 23.8 Å². The van der Waals surface area contributed by atoms with Gasteiger partial charge in [0.05, 0.1) is 12.3 Å². The van der Waals surface area contributed by atoms with Gasteiger partial charge >= 0.3 is 0 Å². The number of aromatic hydroxyl groups is 1. The summed E-state index contributed by atoms with van der Waals surface area (Å²) in [7, 11) is 0. The number of amides is 1. The minimum atomic E-state index is -2.38. The Hall–Kier alpha value is -4.02. The summed E-state index contributed by atoms with van der Waals surface area (Å²) in [5, 5.41) is 15.3. The minimum Gasteiger partial charge on any atom is -0.506 e. The van der Waals surface area contributed by atoms with Crippen molar-refractivity contribution in [2.75, 3.05) is 17.2 Å². The molecule has 0 spiro atoms. The Morgan fingerprint density at radius 3 is 1.72 bits per heavy atom. The lowest BCUT2D eigenvalue weighted by atomic mass is 10.0. The van der Waals surface area contributed by atoms with Crippen molar-refractivity contribution in [2.24, 2.45) is 0 Å². The SMILES string of the molecule is CCCCCCCCCCCCCCCOc1ccc(OC(C)Nc2ccc(NC(=O)c3c(F)c(F)c(F)c(F)c3F)c(O)c2)cc1. The van der Waals surface area contributed by atoms with E-state index in [0.29, 0.717) is 18.0 Å². The molecule has 0 saturated carbocycles. The first-order chi connectivity index (χ1) is 22.6. The summed E-state index contributed by atoms with van der Waals surface area (Å²) in [5.74, 6) is -12.3. The summed E-state index contributed by atoms with van der Waals surface area (Å²) in [6.45, 7) is 4.62. The lowest BCUT2D eigenvalue weighted by Gasteiger charge is -2.18. The number of ether oxygens (including phenoxy) is 2. The van der Waals surface area contributed by atoms with Crippen LogP contribution in [0.3, 0.4) is 0 Å². The number of benzene rings is 3. The van der Waals surface area contributed by atoms with E-state index >= 15 is 0 Å². The molecule has 0 bridgehead atoms. The van der Waals surface area contributed by atoms with Gasteiger partial charge in [-0.2, -0.15) is 0 Å². The second-order valence-corrected chi connectivity index (χ2v) is 11.6. The highest BCUT2D eigenvalue weighted by atomic mass is 19.2. The topological polar surface area (TPSA) is 79.8 Å². The Balaban J connectivity index is 1.35. The summed E-state index contributed by atoms with van der Waals surface area (Å²) in [6, 6.07) is 11.0. The average molecular weight is 665 g/mol. The molecule has 0 aromatic heterocycles. The van der Waals surface area contributed by atoms with E-state index in [2.05, 4.69) is 12.2 Å². The summed E-state index contributed by atoms with van der Waals surface area (Å²) in [6.07, 6.45) is 16.3. The van der Waals surface area contributed by atoms with Gasteiger partial charge in [-0.25, -0.2) is 22.0 Å². The van der Waals surface area contributed by atoms with E-state index in [4.69, 9.17) is 9.47 Å². The van der Waals surface area contributed by atoms with Crippen molar-refractivity contribution in [3.05, 3.63) is 77.1 Å². The maximum Gasteiger partial charge on any atom is 0.261 e. The molecule has 0 aliphatic heterocycles. The molecule has 3 N–H and O–H groups in total. The number of nitrogens with one attached hydrogen (secondary N) is 2. The van der Waals surface area contributed by atoms with Gasteiger partial charge in [0.15, 0.2) is 29.5 Å². The molecule has 3 rings (SSSR count). The van der Waals surface area contributed by atoms with Crippen LogP contribution >= 0.6 is 0 Å². The standard InChI is InChI=1S/C36H45F5N2O4/c1-3-4-5-6-7-8-9-10-11-12-13-14-15-22-46-26-17-19-27(20-18-26)47-24(2)42-25-16-21-28(29(44)23-25)43-36(45)30-31(37)33(39)35(41)34(40)32(30)38/h16-21,23-24,42,44H,3-15,22H2,1-2H3,(H,43,45). The zero-order valence-corrected chi connectivity index (χ0v) is 27.1. The molecule has 11 heteroatoms. The van der Waals surface area contributed by atoms with E-state index in [0.717, 1.165) is 18.6 Å². The van der Waals surface area contributed by atoms with Gasteiger partial charge in [-0.05, 0) is 49.7 Å². The van der Waals surface area contributed by atoms with Gasteiger partial charge in [0, 0.05) is 11.8 Å². The first kappa shape index (κ1) is 37.4. The van der Waals surface area contributed by atoms with Crippen molar-refractivity contribution in [2.45, 2.75) is 104 Å². The molecule has 0 aliphatic rings. The number of rotatable bonds is 21. The van der Waals surface area contributed by atoms with Crippen molar-refractivity contribution >= 4 is 17.3 Å². The fraction of sp³-hybridized carbons (Fsp3) is 0.472. The fourth-order valence-electron chi connectivity index (χ4n) is 5.11. The van der Waals surface area contributed by atoms with Crippen LogP contribution in [0.15, 0.2) is 42.5 Å². The highest BCUT2D eigenvalue weighted by molar-refractivity contribution is 6.05. The Bertz CT molecular complexity index is 1390. The number of hydrogen-bond donors (Lipinski definition) is 3. The Kier molecular flexibility index (Phi) is 15.6. The number of unbranched alkanes of at least 4 members (excludes halogenated alkanes) is 12. The number of anilines is 2. The third kappa shape index (κ3) is 11.9. The van der Waals surface area contributed by atoms with Gasteiger partial charge in [0.25, 0.3) is 5.91 Å². The molecule has 3 aromatic carbocycles. The van der Waals surface area contributed by atoms with Crippen molar-refractivity contribution in [1.82, 2.24) is 0 Å². The van der Waals surface area contributed by atoms with Crippen molar-refractivity contribution in [3.8, 4) is 17.2 Å². The molecular weight excluding hydrogens is 619 g/mol. The van der Waals surface area contributed by atoms with Gasteiger partial charge in [-0.3, -0.25) is 4.79 Å². The lowest BCUT2D eigenvalue weighted by molar-refractivity contribution is 0.101. The van der Waals surface area contributed by atoms with Crippen molar-refractivity contribution in [3.63, 3.8) is 0 Å². The van der Waals surface area contributed by atoms with Crippen molar-refractivity contribution < 1.29 is 41.3 Å². The molecule has 0 saturated heterocycles. The van der Waals surface area contributed by atoms with E-state index in [1.807, 2.05) is 17.4 Å². The predicted molar refractivity (Wildman–Crippen MR) is 174 cm³/mol. The molecule has 0 aliphatic carbocycles. The Morgan fingerprint density at radius 1 is 0.702 bits per heavy atom. The van der Waals surface area contributed by atoms with Crippen LogP contribution in [0.25, 0.3) is 0 Å². The zero-order chi connectivity index (χ0) is 34.2. The first-order valence-electron chi connectivity index (χ1n) is 16.4. The molecule has 1 unspecified atom stereocenters. The van der Waals surface area contributed by atoms with E-state index in [1.165, 1.54) is 88.8 Å². The predicted octanol–water partition coefficient (Wildman–Crippen LogP) is 10.6. The highest BCUT2D eigenvalue weighted by Crippen LogP contribution is 2.30. The van der Waals surface area contributed by atoms with Gasteiger partial charge < -0.3 is 25.2 Å². The lowest BCUT2D eigenvalue weighted by Crippen LogP contribution is -2.22. The smallest absolute Gasteiger partial charge is 0.261 e. The number of carbonyl (C=O) groups is 1. The minimum absolute atomic E-state index is 0.313. The average Bonchev–Trinajstić information content (AvgIpc) is 3.05. The highest BCUT2D eigenvalue weighted by Gasteiger charge is 2.30. The molecule has 47 heavy (non-hydrogen) atoms. The van der Waals surface area contributed by atoms with E-state index < -0.39 is 52.5 Å². The molecular formula is C36H45F5N2O4. The van der Waals surface area contributed by atoms with Crippen molar-refractivity contribution in [1.29, 1.82) is 0 Å². The third-order valence-electron chi connectivity index (χ3n) is 7.71. The quantitative estimate of drug-likeness (QED) is 0.0264. The molecule has 3 aromatic rings. The van der Waals surface area contributed by atoms with Crippen LogP contribution in [-0.2, 0) is 0 Å². The molecule has 0 radical (unpaired) electrons. The molecule has 258 valence electrons. The molecule has 1 atom stereocenters. The fourth-order valence-corrected chi connectivity index (χ4v) is 5.11. The van der Waals surface area contributed by atoms with E-state index in [1.54, 1.807) is 19.1 Å². The summed E-state index contributed by atoms with van der Waals surface area (Å²) >= 11 is 0. The van der Waals surface area contributed by atoms with Crippen LogP contribution in [0, 0.1) is 29.1 Å². The maximum absolute atomic E-state index is 14.0. The second kappa shape index (κ2) is 19.6. The zero-order valence-electron chi connectivity index (χ0n) is 27.1. The number of phenolic OH excluding ortho intramolecular Hbond substituents is 1. The number of halogens is 5. The summed E-state index contributed by atoms with van der Waals surface area (Å²) in [5.41, 5.74) is -1.62. The van der Waals surface area contributed by atoms with Crippen LogP contribution < -0.4 is 20.1 Å². The summed E-state index contributed by atoms with van der Waals surface area (Å²) in [4.78, 5) is 12.3. The van der Waals surface area contributed by atoms with Gasteiger partial charge in [-0.15, -0.1) is 0 Å². The van der Waals surface area contributed by atoms with Gasteiger partial charge in [0.1, 0.15) is 22.8 Å². The largest absolute Gasteiger partial charge is 0.506 e. The third-order valence-corrected chi connectivity index (χ3v) is 7.71. The molecule has 0 fully saturated rings. The molecule has 6 nitrogen and oxygen atoms in total. The number of carbonyl (C=O) groups excluding carboxylic acids is 1. The number of phenols is 1. The monoisotopic (exact) mass is 664 g/mol. The van der Waals surface area contributed by atoms with Gasteiger partial charge in [0.2, 0.25) is 5.82 Å². The Labute approximate surface area is 273 Å². The van der Waals surface area contributed by atoms with E-state index in [9.17, 15) is 31.9 Å². The molecule has 0 heterocycles. The first-order valence-corrected chi connectivity index (χ1v) is 16.4. The van der Waals surface area contributed by atoms with E-state index in [-0.39, 0.29) is 5.69 Å². The second-order valence-electron chi connectivity index (χ2n) is 11.6. The maximum atomic E-state index is 14.0. The van der Waals surface area contributed by atoms with Crippen LogP contribution in [0.4, 0.5) is 33.3 Å². The van der Waals surface area contributed by atoms with Crippen LogP contribution in [0.5, 0.6) is 17.2 Å². The molecule has 1 amide bonds. The van der Waals surface area contributed by atoms with Crippen LogP contribution in [0.2, 0.25) is 0 Å². The number of hydrogen-bond acceptors (Lipinski definition) is 5.